The van der Waals surface area contributed by atoms with E-state index in [2.05, 4.69) is 40.3 Å². The molecule has 1 atom stereocenters. The minimum atomic E-state index is -0.816. The predicted molar refractivity (Wildman–Crippen MR) is 105 cm³/mol. The minimum Gasteiger partial charge on any atom is -0.465 e. The summed E-state index contributed by atoms with van der Waals surface area (Å²) in [7, 11) is 0. The zero-order valence-electron chi connectivity index (χ0n) is 15.8. The zero-order valence-corrected chi connectivity index (χ0v) is 15.8. The van der Waals surface area contributed by atoms with Gasteiger partial charge in [-0.2, -0.15) is 0 Å². The van der Waals surface area contributed by atoms with Gasteiger partial charge in [-0.15, -0.1) is 0 Å². The summed E-state index contributed by atoms with van der Waals surface area (Å²) >= 11 is 0. The molecule has 2 saturated heterocycles. The molecule has 4 rings (SSSR count). The highest BCUT2D eigenvalue weighted by Gasteiger charge is 2.27. The third-order valence-electron chi connectivity index (χ3n) is 6.19. The molecule has 2 N–H and O–H groups in total. The molecule has 2 aromatic rings. The summed E-state index contributed by atoms with van der Waals surface area (Å²) in [4.78, 5) is 19.0. The molecule has 3 heterocycles. The van der Waals surface area contributed by atoms with Gasteiger partial charge in [-0.1, -0.05) is 18.2 Å². The first-order valence-corrected chi connectivity index (χ1v) is 10.1. The summed E-state index contributed by atoms with van der Waals surface area (Å²) in [6, 6.07) is 8.61. The van der Waals surface area contributed by atoms with Gasteiger partial charge in [0, 0.05) is 42.8 Å². The number of nitrogens with one attached hydrogen (secondary N) is 1. The van der Waals surface area contributed by atoms with E-state index in [0.29, 0.717) is 25.7 Å². The van der Waals surface area contributed by atoms with Gasteiger partial charge in [-0.25, -0.2) is 4.79 Å². The lowest BCUT2D eigenvalue weighted by molar-refractivity contribution is 0.111. The minimum absolute atomic E-state index is 0.0799. The fourth-order valence-corrected chi connectivity index (χ4v) is 4.61. The van der Waals surface area contributed by atoms with Crippen LogP contribution in [0.2, 0.25) is 0 Å². The Kier molecular flexibility index (Phi) is 5.64. The maximum atomic E-state index is 11.5. The number of piperidine rings is 1. The Bertz CT molecular complexity index is 767. The highest BCUT2D eigenvalue weighted by Crippen LogP contribution is 2.33. The van der Waals surface area contributed by atoms with Crippen molar-refractivity contribution in [2.45, 2.75) is 37.6 Å². The SMILES string of the molecule is O=C(O)N1CCOCCC1CCN1CCC(c2c[nH]c3ccccc23)CC1. The molecular weight excluding hydrogens is 342 g/mol. The number of carboxylic acid groups (broad SMARTS) is 1. The van der Waals surface area contributed by atoms with E-state index in [0.717, 1.165) is 45.3 Å². The number of benzene rings is 1. The summed E-state index contributed by atoms with van der Waals surface area (Å²) in [6.45, 7) is 4.80. The lowest BCUT2D eigenvalue weighted by Crippen LogP contribution is -2.43. The molecule has 27 heavy (non-hydrogen) atoms. The Morgan fingerprint density at radius 2 is 1.96 bits per heavy atom. The summed E-state index contributed by atoms with van der Waals surface area (Å²) < 4.78 is 5.47. The molecular formula is C21H29N3O3. The number of likely N-dealkylation sites (tertiary alicyclic amines) is 1. The standard InChI is InChI=1S/C21H29N3O3/c25-21(26)24-12-14-27-13-8-17(24)7-11-23-9-5-16(6-10-23)19-15-22-20-4-2-1-3-18(19)20/h1-4,15-17,22H,5-14H2,(H,25,26). The number of fused-ring (bicyclic) bond motifs is 1. The van der Waals surface area contributed by atoms with E-state index in [1.807, 2.05) is 0 Å². The van der Waals surface area contributed by atoms with E-state index in [-0.39, 0.29) is 6.04 Å². The van der Waals surface area contributed by atoms with Gasteiger partial charge in [-0.05, 0) is 56.3 Å². The normalized spacial score (nSPS) is 22.8. The van der Waals surface area contributed by atoms with Crippen molar-refractivity contribution in [3.05, 3.63) is 36.0 Å². The van der Waals surface area contributed by atoms with Crippen molar-refractivity contribution >= 4 is 17.0 Å². The van der Waals surface area contributed by atoms with Crippen LogP contribution in [0.25, 0.3) is 10.9 Å². The van der Waals surface area contributed by atoms with E-state index in [1.54, 1.807) is 4.90 Å². The number of amides is 1. The van der Waals surface area contributed by atoms with E-state index in [1.165, 1.54) is 16.5 Å². The molecule has 0 radical (unpaired) electrons. The molecule has 1 amide bonds. The maximum absolute atomic E-state index is 11.5. The predicted octanol–water partition coefficient (Wildman–Crippen LogP) is 3.51. The van der Waals surface area contributed by atoms with Crippen LogP contribution in [0.4, 0.5) is 4.79 Å². The Balaban J connectivity index is 1.31. The maximum Gasteiger partial charge on any atom is 0.407 e. The molecule has 2 aliphatic rings. The first-order valence-electron chi connectivity index (χ1n) is 10.1. The van der Waals surface area contributed by atoms with Crippen LogP contribution in [0.15, 0.2) is 30.5 Å². The number of aromatic nitrogens is 1. The van der Waals surface area contributed by atoms with Crippen molar-refractivity contribution in [1.29, 1.82) is 0 Å². The van der Waals surface area contributed by atoms with Crippen LogP contribution in [0.1, 0.15) is 37.2 Å². The van der Waals surface area contributed by atoms with Gasteiger partial charge in [0.05, 0.1) is 6.61 Å². The van der Waals surface area contributed by atoms with Crippen molar-refractivity contribution in [3.8, 4) is 0 Å². The van der Waals surface area contributed by atoms with Gasteiger partial charge < -0.3 is 24.6 Å². The number of hydrogen-bond donors (Lipinski definition) is 2. The van der Waals surface area contributed by atoms with Gasteiger partial charge >= 0.3 is 6.09 Å². The highest BCUT2D eigenvalue weighted by molar-refractivity contribution is 5.83. The van der Waals surface area contributed by atoms with Gasteiger partial charge in [0.1, 0.15) is 0 Å². The topological polar surface area (TPSA) is 68.8 Å². The summed E-state index contributed by atoms with van der Waals surface area (Å²) in [5.74, 6) is 0.610. The van der Waals surface area contributed by atoms with Gasteiger partial charge in [0.25, 0.3) is 0 Å². The van der Waals surface area contributed by atoms with Gasteiger partial charge in [0.15, 0.2) is 0 Å². The number of H-pyrrole nitrogens is 1. The Hall–Kier alpha value is -2.05. The van der Waals surface area contributed by atoms with Crippen LogP contribution in [-0.4, -0.2) is 71.4 Å². The highest BCUT2D eigenvalue weighted by atomic mass is 16.5. The lowest BCUT2D eigenvalue weighted by Gasteiger charge is -2.34. The van der Waals surface area contributed by atoms with Crippen LogP contribution >= 0.6 is 0 Å². The molecule has 0 saturated carbocycles. The average Bonchev–Trinajstić information content (AvgIpc) is 2.97. The number of nitrogens with zero attached hydrogens (tertiary/aromatic N) is 2. The lowest BCUT2D eigenvalue weighted by atomic mass is 9.89. The van der Waals surface area contributed by atoms with Crippen LogP contribution < -0.4 is 0 Å². The second-order valence-electron chi connectivity index (χ2n) is 7.73. The van der Waals surface area contributed by atoms with E-state index in [4.69, 9.17) is 4.74 Å². The Morgan fingerprint density at radius 3 is 2.78 bits per heavy atom. The summed E-state index contributed by atoms with van der Waals surface area (Å²) in [5, 5.41) is 10.8. The van der Waals surface area contributed by atoms with Gasteiger partial charge in [0.2, 0.25) is 0 Å². The fourth-order valence-electron chi connectivity index (χ4n) is 4.61. The quantitative estimate of drug-likeness (QED) is 0.863. The number of aromatic amines is 1. The van der Waals surface area contributed by atoms with Crippen LogP contribution in [0.3, 0.4) is 0 Å². The largest absolute Gasteiger partial charge is 0.465 e. The van der Waals surface area contributed by atoms with Crippen LogP contribution in [0, 0.1) is 0 Å². The fraction of sp³-hybridized carbons (Fsp3) is 0.571. The molecule has 2 fully saturated rings. The second kappa shape index (κ2) is 8.31. The third kappa shape index (κ3) is 4.12. The number of para-hydroxylation sites is 1. The monoisotopic (exact) mass is 371 g/mol. The van der Waals surface area contributed by atoms with Crippen molar-refractivity contribution in [3.63, 3.8) is 0 Å². The van der Waals surface area contributed by atoms with Crippen molar-refractivity contribution in [1.82, 2.24) is 14.8 Å². The molecule has 6 nitrogen and oxygen atoms in total. The Labute approximate surface area is 160 Å². The smallest absolute Gasteiger partial charge is 0.407 e. The second-order valence-corrected chi connectivity index (χ2v) is 7.73. The first-order chi connectivity index (χ1) is 13.2. The zero-order chi connectivity index (χ0) is 18.6. The molecule has 6 heteroatoms. The number of rotatable bonds is 4. The molecule has 0 spiro atoms. The molecule has 146 valence electrons. The number of carbonyl (C=O) groups is 1. The molecule has 1 aromatic heterocycles. The summed E-state index contributed by atoms with van der Waals surface area (Å²) in [6.07, 6.45) is 5.40. The number of ether oxygens (including phenoxy) is 1. The van der Waals surface area contributed by atoms with Gasteiger partial charge in [-0.3, -0.25) is 0 Å². The van der Waals surface area contributed by atoms with E-state index in [9.17, 15) is 9.90 Å². The van der Waals surface area contributed by atoms with Crippen LogP contribution in [0.5, 0.6) is 0 Å². The molecule has 1 aromatic carbocycles. The molecule has 0 bridgehead atoms. The molecule has 0 aliphatic carbocycles. The van der Waals surface area contributed by atoms with Crippen LogP contribution in [-0.2, 0) is 4.74 Å². The summed E-state index contributed by atoms with van der Waals surface area (Å²) in [5.41, 5.74) is 2.67. The average molecular weight is 371 g/mol. The molecule has 1 unspecified atom stereocenters. The van der Waals surface area contributed by atoms with Crippen molar-refractivity contribution in [2.24, 2.45) is 0 Å². The Morgan fingerprint density at radius 1 is 1.15 bits per heavy atom. The van der Waals surface area contributed by atoms with Crippen molar-refractivity contribution < 1.29 is 14.6 Å². The van der Waals surface area contributed by atoms with E-state index < -0.39 is 6.09 Å². The van der Waals surface area contributed by atoms with E-state index >= 15 is 0 Å². The number of hydrogen-bond acceptors (Lipinski definition) is 3. The molecule has 2 aliphatic heterocycles. The third-order valence-corrected chi connectivity index (χ3v) is 6.19. The first kappa shape index (κ1) is 18.3. The van der Waals surface area contributed by atoms with Crippen molar-refractivity contribution in [2.75, 3.05) is 39.4 Å².